The number of amides is 1. The van der Waals surface area contributed by atoms with Crippen molar-refractivity contribution in [3.8, 4) is 11.4 Å². The second-order valence-corrected chi connectivity index (χ2v) is 6.20. The Kier molecular flexibility index (Phi) is 5.09. The lowest BCUT2D eigenvalue weighted by Crippen LogP contribution is -2.15. The largest absolute Gasteiger partial charge is 0.321 e. The quantitative estimate of drug-likeness (QED) is 0.698. The number of carbonyl (C=O) groups is 1. The lowest BCUT2D eigenvalue weighted by atomic mass is 10.1. The molecule has 0 spiro atoms. The van der Waals surface area contributed by atoms with E-state index in [4.69, 9.17) is 0 Å². The highest BCUT2D eigenvalue weighted by molar-refractivity contribution is 7.98. The number of hydrogen-bond acceptors (Lipinski definition) is 4. The molecule has 3 aromatic rings. The summed E-state index contributed by atoms with van der Waals surface area (Å²) in [6.07, 6.45) is 3.45. The standard InChI is InChI=1S/C19H16FN3OS/c1-12-15(19(24)23-16-5-3-4-6-17(16)25-2)11-21-18(22-12)13-7-9-14(20)10-8-13/h3-11H,1-2H3,(H,23,24). The summed E-state index contributed by atoms with van der Waals surface area (Å²) in [5.74, 6) is -0.118. The van der Waals surface area contributed by atoms with Crippen LogP contribution in [0.4, 0.5) is 10.1 Å². The SMILES string of the molecule is CSc1ccccc1NC(=O)c1cnc(-c2ccc(F)cc2)nc1C. The number of anilines is 1. The summed E-state index contributed by atoms with van der Waals surface area (Å²) in [7, 11) is 0. The van der Waals surface area contributed by atoms with Gasteiger partial charge in [0, 0.05) is 16.7 Å². The molecule has 0 aliphatic carbocycles. The smallest absolute Gasteiger partial charge is 0.259 e. The van der Waals surface area contributed by atoms with E-state index in [1.165, 1.54) is 18.3 Å². The van der Waals surface area contributed by atoms with Gasteiger partial charge < -0.3 is 5.32 Å². The van der Waals surface area contributed by atoms with Crippen LogP contribution in [0.1, 0.15) is 16.1 Å². The summed E-state index contributed by atoms with van der Waals surface area (Å²) < 4.78 is 13.0. The van der Waals surface area contributed by atoms with Gasteiger partial charge in [0.2, 0.25) is 0 Å². The fourth-order valence-corrected chi connectivity index (χ4v) is 2.92. The van der Waals surface area contributed by atoms with E-state index in [2.05, 4.69) is 15.3 Å². The first-order valence-corrected chi connectivity index (χ1v) is 8.85. The number of carbonyl (C=O) groups excluding carboxylic acids is 1. The van der Waals surface area contributed by atoms with E-state index in [1.54, 1.807) is 30.8 Å². The highest BCUT2D eigenvalue weighted by Gasteiger charge is 2.14. The molecular weight excluding hydrogens is 337 g/mol. The molecule has 1 amide bonds. The molecular formula is C19H16FN3OS. The van der Waals surface area contributed by atoms with Gasteiger partial charge in [-0.3, -0.25) is 4.79 Å². The first-order chi connectivity index (χ1) is 12.1. The number of rotatable bonds is 4. The summed E-state index contributed by atoms with van der Waals surface area (Å²) in [4.78, 5) is 22.2. The number of para-hydroxylation sites is 1. The molecule has 6 heteroatoms. The molecule has 0 saturated carbocycles. The average molecular weight is 353 g/mol. The molecule has 1 heterocycles. The van der Waals surface area contributed by atoms with Gasteiger partial charge in [0.25, 0.3) is 5.91 Å². The molecule has 25 heavy (non-hydrogen) atoms. The fraction of sp³-hybridized carbons (Fsp3) is 0.105. The van der Waals surface area contributed by atoms with Crippen molar-refractivity contribution in [2.24, 2.45) is 0 Å². The Morgan fingerprint density at radius 2 is 1.84 bits per heavy atom. The van der Waals surface area contributed by atoms with E-state index >= 15 is 0 Å². The molecule has 1 N–H and O–H groups in total. The Hall–Kier alpha value is -2.73. The topological polar surface area (TPSA) is 54.9 Å². The van der Waals surface area contributed by atoms with Gasteiger partial charge in [0.05, 0.1) is 16.9 Å². The molecule has 126 valence electrons. The van der Waals surface area contributed by atoms with Crippen LogP contribution in [-0.2, 0) is 0 Å². The molecule has 0 aliphatic rings. The van der Waals surface area contributed by atoms with Crippen LogP contribution in [0.3, 0.4) is 0 Å². The lowest BCUT2D eigenvalue weighted by Gasteiger charge is -2.11. The summed E-state index contributed by atoms with van der Waals surface area (Å²) in [5, 5.41) is 2.90. The maximum absolute atomic E-state index is 13.0. The average Bonchev–Trinajstić information content (AvgIpc) is 2.62. The molecule has 3 rings (SSSR count). The highest BCUT2D eigenvalue weighted by atomic mass is 32.2. The maximum atomic E-state index is 13.0. The van der Waals surface area contributed by atoms with Gasteiger partial charge in [0.1, 0.15) is 5.82 Å². The van der Waals surface area contributed by atoms with Crippen LogP contribution in [0.5, 0.6) is 0 Å². The van der Waals surface area contributed by atoms with Gasteiger partial charge in [-0.2, -0.15) is 0 Å². The Bertz CT molecular complexity index is 913. The Morgan fingerprint density at radius 1 is 1.12 bits per heavy atom. The van der Waals surface area contributed by atoms with Crippen molar-refractivity contribution < 1.29 is 9.18 Å². The van der Waals surface area contributed by atoms with Crippen LogP contribution >= 0.6 is 11.8 Å². The van der Waals surface area contributed by atoms with Crippen molar-refractivity contribution >= 4 is 23.4 Å². The first kappa shape index (κ1) is 17.1. The monoisotopic (exact) mass is 353 g/mol. The number of nitrogens with zero attached hydrogens (tertiary/aromatic N) is 2. The van der Waals surface area contributed by atoms with Crippen molar-refractivity contribution in [2.45, 2.75) is 11.8 Å². The zero-order valence-corrected chi connectivity index (χ0v) is 14.6. The van der Waals surface area contributed by atoms with Gasteiger partial charge in [-0.1, -0.05) is 12.1 Å². The number of aryl methyl sites for hydroxylation is 1. The van der Waals surface area contributed by atoms with Crippen molar-refractivity contribution in [3.05, 3.63) is 71.8 Å². The molecule has 0 saturated heterocycles. The molecule has 0 radical (unpaired) electrons. The summed E-state index contributed by atoms with van der Waals surface area (Å²) in [5.41, 5.74) is 2.42. The Morgan fingerprint density at radius 3 is 2.52 bits per heavy atom. The number of benzene rings is 2. The number of halogens is 1. The lowest BCUT2D eigenvalue weighted by molar-refractivity contribution is 0.102. The van der Waals surface area contributed by atoms with Crippen LogP contribution in [0.25, 0.3) is 11.4 Å². The molecule has 0 fully saturated rings. The number of thioether (sulfide) groups is 1. The zero-order chi connectivity index (χ0) is 17.8. The maximum Gasteiger partial charge on any atom is 0.259 e. The second kappa shape index (κ2) is 7.44. The molecule has 4 nitrogen and oxygen atoms in total. The summed E-state index contributed by atoms with van der Waals surface area (Å²) in [6.45, 7) is 1.75. The third-order valence-corrected chi connectivity index (χ3v) is 4.48. The van der Waals surface area contributed by atoms with Gasteiger partial charge >= 0.3 is 0 Å². The number of nitrogens with one attached hydrogen (secondary N) is 1. The zero-order valence-electron chi connectivity index (χ0n) is 13.8. The summed E-state index contributed by atoms with van der Waals surface area (Å²) in [6, 6.07) is 13.5. The Labute approximate surface area is 149 Å². The molecule has 2 aromatic carbocycles. The number of hydrogen-bond donors (Lipinski definition) is 1. The van der Waals surface area contributed by atoms with E-state index in [0.29, 0.717) is 22.6 Å². The summed E-state index contributed by atoms with van der Waals surface area (Å²) >= 11 is 1.56. The van der Waals surface area contributed by atoms with E-state index in [0.717, 1.165) is 10.6 Å². The molecule has 0 bridgehead atoms. The van der Waals surface area contributed by atoms with Crippen molar-refractivity contribution in [2.75, 3.05) is 11.6 Å². The minimum Gasteiger partial charge on any atom is -0.321 e. The predicted molar refractivity (Wildman–Crippen MR) is 98.3 cm³/mol. The van der Waals surface area contributed by atoms with Gasteiger partial charge in [0.15, 0.2) is 5.82 Å². The van der Waals surface area contributed by atoms with E-state index < -0.39 is 0 Å². The molecule has 1 aromatic heterocycles. The van der Waals surface area contributed by atoms with Crippen LogP contribution in [0, 0.1) is 12.7 Å². The predicted octanol–water partition coefficient (Wildman–Crippen LogP) is 4.57. The van der Waals surface area contributed by atoms with Crippen LogP contribution in [0.2, 0.25) is 0 Å². The minimum absolute atomic E-state index is 0.260. The minimum atomic E-state index is -0.316. The van der Waals surface area contributed by atoms with Gasteiger partial charge in [-0.05, 0) is 49.6 Å². The molecule has 0 aliphatic heterocycles. The van der Waals surface area contributed by atoms with Crippen LogP contribution in [0.15, 0.2) is 59.6 Å². The Balaban J connectivity index is 1.85. The van der Waals surface area contributed by atoms with Crippen molar-refractivity contribution in [1.29, 1.82) is 0 Å². The van der Waals surface area contributed by atoms with Gasteiger partial charge in [-0.15, -0.1) is 11.8 Å². The third-order valence-electron chi connectivity index (χ3n) is 3.68. The van der Waals surface area contributed by atoms with Gasteiger partial charge in [-0.25, -0.2) is 14.4 Å². The molecule has 0 unspecified atom stereocenters. The van der Waals surface area contributed by atoms with E-state index in [9.17, 15) is 9.18 Å². The van der Waals surface area contributed by atoms with Crippen molar-refractivity contribution in [1.82, 2.24) is 9.97 Å². The molecule has 0 atom stereocenters. The highest BCUT2D eigenvalue weighted by Crippen LogP contribution is 2.25. The first-order valence-electron chi connectivity index (χ1n) is 7.62. The fourth-order valence-electron chi connectivity index (χ4n) is 2.37. The van der Waals surface area contributed by atoms with E-state index in [-0.39, 0.29) is 11.7 Å². The van der Waals surface area contributed by atoms with Crippen LogP contribution in [-0.4, -0.2) is 22.1 Å². The van der Waals surface area contributed by atoms with Crippen LogP contribution < -0.4 is 5.32 Å². The van der Waals surface area contributed by atoms with E-state index in [1.807, 2.05) is 30.5 Å². The normalized spacial score (nSPS) is 10.5. The second-order valence-electron chi connectivity index (χ2n) is 5.35. The van der Waals surface area contributed by atoms with Crippen molar-refractivity contribution in [3.63, 3.8) is 0 Å². The third kappa shape index (κ3) is 3.85. The number of aromatic nitrogens is 2.